The Balaban J connectivity index is 1.37. The molecule has 194 valence electrons. The van der Waals surface area contributed by atoms with E-state index in [9.17, 15) is 21.9 Å². The Hall–Kier alpha value is -3.47. The number of hydrogen-bond acceptors (Lipinski definition) is 6. The van der Waals surface area contributed by atoms with Crippen LogP contribution in [-0.4, -0.2) is 45.0 Å². The van der Waals surface area contributed by atoms with Crippen molar-refractivity contribution >= 4 is 42.2 Å². The largest absolute Gasteiger partial charge is 0.386 e. The standard InChI is InChI=1S/C27H29N3O5S2/c1-20(13-15-30-16-14-21-18-25(36(2,32)33)11-12-26(21)30)28-19-27(31)22-7-6-8-23(17-22)29-37(34,35)24-9-4-3-5-10-24/h3-12,14,16-18,27,29,31H,13,15,19H2,1-2H3/t27-/m0/s1. The van der Waals surface area contributed by atoms with Crippen molar-refractivity contribution in [3.05, 3.63) is 90.6 Å². The van der Waals surface area contributed by atoms with Crippen molar-refractivity contribution in [3.63, 3.8) is 0 Å². The Labute approximate surface area is 217 Å². The third-order valence-corrected chi connectivity index (χ3v) is 8.50. The Kier molecular flexibility index (Phi) is 7.82. The van der Waals surface area contributed by atoms with Gasteiger partial charge in [-0.05, 0) is 61.0 Å². The summed E-state index contributed by atoms with van der Waals surface area (Å²) in [4.78, 5) is 4.97. The SMILES string of the molecule is CC(CCn1ccc2cc(S(C)(=O)=O)ccc21)=NC[C@H](O)c1cccc(NS(=O)(=O)c2ccccc2)c1. The fourth-order valence-corrected chi connectivity index (χ4v) is 5.66. The van der Waals surface area contributed by atoms with Crippen LogP contribution in [0, 0.1) is 0 Å². The molecule has 1 heterocycles. The molecule has 0 unspecified atom stereocenters. The zero-order valence-electron chi connectivity index (χ0n) is 20.6. The highest BCUT2D eigenvalue weighted by Crippen LogP contribution is 2.22. The number of nitrogens with zero attached hydrogens (tertiary/aromatic N) is 2. The third-order valence-electron chi connectivity index (χ3n) is 6.00. The quantitative estimate of drug-likeness (QED) is 0.289. The summed E-state index contributed by atoms with van der Waals surface area (Å²) in [5.41, 5.74) is 2.71. The first-order valence-electron chi connectivity index (χ1n) is 11.7. The van der Waals surface area contributed by atoms with E-state index in [2.05, 4.69) is 9.71 Å². The van der Waals surface area contributed by atoms with Crippen molar-refractivity contribution < 1.29 is 21.9 Å². The minimum atomic E-state index is -3.73. The molecule has 3 aromatic carbocycles. The second kappa shape index (κ2) is 10.9. The van der Waals surface area contributed by atoms with Crippen LogP contribution in [0.2, 0.25) is 0 Å². The van der Waals surface area contributed by atoms with E-state index in [1.807, 2.05) is 23.8 Å². The van der Waals surface area contributed by atoms with Gasteiger partial charge in [0.1, 0.15) is 0 Å². The third kappa shape index (κ3) is 6.65. The van der Waals surface area contributed by atoms with Gasteiger partial charge in [0.15, 0.2) is 9.84 Å². The van der Waals surface area contributed by atoms with Gasteiger partial charge in [0.05, 0.1) is 22.4 Å². The van der Waals surface area contributed by atoms with Crippen molar-refractivity contribution in [2.24, 2.45) is 4.99 Å². The molecule has 1 aromatic heterocycles. The number of aliphatic hydroxyl groups excluding tert-OH is 1. The molecule has 0 spiro atoms. The molecule has 0 saturated carbocycles. The smallest absolute Gasteiger partial charge is 0.261 e. The number of sulfone groups is 1. The number of hydrogen-bond donors (Lipinski definition) is 2. The molecule has 0 amide bonds. The van der Waals surface area contributed by atoms with Gasteiger partial charge in [-0.25, -0.2) is 16.8 Å². The minimum absolute atomic E-state index is 0.144. The molecule has 0 fully saturated rings. The second-order valence-electron chi connectivity index (χ2n) is 8.89. The second-order valence-corrected chi connectivity index (χ2v) is 12.6. The van der Waals surface area contributed by atoms with E-state index in [-0.39, 0.29) is 11.4 Å². The number of aliphatic hydroxyl groups is 1. The topological polar surface area (TPSA) is 118 Å². The van der Waals surface area contributed by atoms with E-state index in [1.165, 1.54) is 18.4 Å². The molecular weight excluding hydrogens is 510 g/mol. The maximum absolute atomic E-state index is 12.6. The van der Waals surface area contributed by atoms with Crippen LogP contribution in [-0.2, 0) is 26.4 Å². The van der Waals surface area contributed by atoms with Crippen LogP contribution in [0.5, 0.6) is 0 Å². The molecule has 4 rings (SSSR count). The maximum atomic E-state index is 12.6. The molecule has 0 radical (unpaired) electrons. The first kappa shape index (κ1) is 26.6. The summed E-state index contributed by atoms with van der Waals surface area (Å²) in [5, 5.41) is 11.5. The van der Waals surface area contributed by atoms with E-state index in [1.54, 1.807) is 60.7 Å². The van der Waals surface area contributed by atoms with Gasteiger partial charge in [-0.2, -0.15) is 0 Å². The van der Waals surface area contributed by atoms with Gasteiger partial charge in [0, 0.05) is 47.7 Å². The normalized spacial score (nSPS) is 13.5. The predicted molar refractivity (Wildman–Crippen MR) is 146 cm³/mol. The Morgan fingerprint density at radius 1 is 0.946 bits per heavy atom. The monoisotopic (exact) mass is 539 g/mol. The lowest BCUT2D eigenvalue weighted by Crippen LogP contribution is -2.13. The number of nitrogens with one attached hydrogen (secondary N) is 1. The van der Waals surface area contributed by atoms with Crippen LogP contribution in [0.1, 0.15) is 25.0 Å². The van der Waals surface area contributed by atoms with Crippen LogP contribution >= 0.6 is 0 Å². The molecule has 37 heavy (non-hydrogen) atoms. The Bertz CT molecular complexity index is 1640. The summed E-state index contributed by atoms with van der Waals surface area (Å²) in [7, 11) is -6.99. The van der Waals surface area contributed by atoms with Gasteiger partial charge in [0.25, 0.3) is 10.0 Å². The highest BCUT2D eigenvalue weighted by atomic mass is 32.2. The summed E-state index contributed by atoms with van der Waals surface area (Å²) >= 11 is 0. The number of anilines is 1. The number of aryl methyl sites for hydroxylation is 1. The summed E-state index contributed by atoms with van der Waals surface area (Å²) < 4.78 is 53.3. The lowest BCUT2D eigenvalue weighted by atomic mass is 10.1. The van der Waals surface area contributed by atoms with Gasteiger partial charge >= 0.3 is 0 Å². The first-order chi connectivity index (χ1) is 17.5. The van der Waals surface area contributed by atoms with Gasteiger partial charge in [0.2, 0.25) is 0 Å². The summed E-state index contributed by atoms with van der Waals surface area (Å²) in [6, 6.07) is 21.7. The zero-order valence-corrected chi connectivity index (χ0v) is 22.2. The van der Waals surface area contributed by atoms with E-state index in [0.717, 1.165) is 16.6 Å². The van der Waals surface area contributed by atoms with Crippen LogP contribution < -0.4 is 4.72 Å². The highest BCUT2D eigenvalue weighted by molar-refractivity contribution is 7.92. The molecule has 10 heteroatoms. The van der Waals surface area contributed by atoms with Gasteiger partial charge < -0.3 is 9.67 Å². The van der Waals surface area contributed by atoms with E-state index in [4.69, 9.17) is 0 Å². The molecule has 2 N–H and O–H groups in total. The molecule has 1 atom stereocenters. The number of aliphatic imine (C=N–C) groups is 1. The Morgan fingerprint density at radius 3 is 2.43 bits per heavy atom. The van der Waals surface area contributed by atoms with Crippen molar-refractivity contribution in [1.29, 1.82) is 0 Å². The molecule has 0 aliphatic heterocycles. The average molecular weight is 540 g/mol. The molecule has 0 saturated heterocycles. The van der Waals surface area contributed by atoms with E-state index >= 15 is 0 Å². The number of rotatable bonds is 10. The van der Waals surface area contributed by atoms with Crippen molar-refractivity contribution in [1.82, 2.24) is 4.57 Å². The highest BCUT2D eigenvalue weighted by Gasteiger charge is 2.15. The first-order valence-corrected chi connectivity index (χ1v) is 15.1. The van der Waals surface area contributed by atoms with E-state index < -0.39 is 26.0 Å². The minimum Gasteiger partial charge on any atom is -0.386 e. The number of aromatic nitrogens is 1. The predicted octanol–water partition coefficient (Wildman–Crippen LogP) is 4.43. The summed E-state index contributed by atoms with van der Waals surface area (Å²) in [5.74, 6) is 0. The fraction of sp³-hybridized carbons (Fsp3) is 0.222. The lowest BCUT2D eigenvalue weighted by molar-refractivity contribution is 0.187. The molecule has 8 nitrogen and oxygen atoms in total. The van der Waals surface area contributed by atoms with Crippen molar-refractivity contribution in [2.75, 3.05) is 17.5 Å². The van der Waals surface area contributed by atoms with Crippen LogP contribution in [0.3, 0.4) is 0 Å². The molecule has 0 bridgehead atoms. The molecule has 0 aliphatic carbocycles. The molecule has 4 aromatic rings. The van der Waals surface area contributed by atoms with Gasteiger partial charge in [-0.15, -0.1) is 0 Å². The summed E-state index contributed by atoms with van der Waals surface area (Å²) in [6.45, 7) is 2.69. The summed E-state index contributed by atoms with van der Waals surface area (Å²) in [6.07, 6.45) is 2.87. The van der Waals surface area contributed by atoms with Crippen LogP contribution in [0.4, 0.5) is 5.69 Å². The fourth-order valence-electron chi connectivity index (χ4n) is 3.94. The van der Waals surface area contributed by atoms with E-state index in [0.29, 0.717) is 29.1 Å². The van der Waals surface area contributed by atoms with Crippen molar-refractivity contribution in [3.8, 4) is 0 Å². The lowest BCUT2D eigenvalue weighted by Gasteiger charge is -2.13. The number of benzene rings is 3. The number of sulfonamides is 1. The van der Waals surface area contributed by atoms with Crippen LogP contribution in [0.25, 0.3) is 10.9 Å². The Morgan fingerprint density at radius 2 is 1.70 bits per heavy atom. The zero-order chi connectivity index (χ0) is 26.6. The number of fused-ring (bicyclic) bond motifs is 1. The van der Waals surface area contributed by atoms with Crippen LogP contribution in [0.15, 0.2) is 99.8 Å². The van der Waals surface area contributed by atoms with Gasteiger partial charge in [-0.1, -0.05) is 30.3 Å². The maximum Gasteiger partial charge on any atom is 0.261 e. The molecule has 0 aliphatic rings. The van der Waals surface area contributed by atoms with Crippen molar-refractivity contribution in [2.45, 2.75) is 35.8 Å². The molecular formula is C27H29N3O5S2. The van der Waals surface area contributed by atoms with Gasteiger partial charge in [-0.3, -0.25) is 9.71 Å². The average Bonchev–Trinajstić information content (AvgIpc) is 3.28.